The van der Waals surface area contributed by atoms with Crippen LogP contribution in [0.1, 0.15) is 11.1 Å². The lowest BCUT2D eigenvalue weighted by Gasteiger charge is -2.06. The van der Waals surface area contributed by atoms with Gasteiger partial charge in [-0.15, -0.1) is 23.1 Å². The van der Waals surface area contributed by atoms with Gasteiger partial charge in [-0.3, -0.25) is 9.59 Å². The first kappa shape index (κ1) is 17.1. The summed E-state index contributed by atoms with van der Waals surface area (Å²) in [6, 6.07) is 11.3. The molecule has 7 heteroatoms. The predicted octanol–water partition coefficient (Wildman–Crippen LogP) is 3.20. The van der Waals surface area contributed by atoms with Gasteiger partial charge in [-0.2, -0.15) is 5.26 Å². The molecule has 0 saturated heterocycles. The van der Waals surface area contributed by atoms with Crippen LogP contribution >= 0.6 is 23.1 Å². The van der Waals surface area contributed by atoms with E-state index >= 15 is 0 Å². The highest BCUT2D eigenvalue weighted by molar-refractivity contribution is 8.00. The highest BCUT2D eigenvalue weighted by Crippen LogP contribution is 2.22. The number of nitriles is 1. The third-order valence-corrected chi connectivity index (χ3v) is 4.82. The fourth-order valence-corrected chi connectivity index (χ4v) is 3.28. The van der Waals surface area contributed by atoms with Gasteiger partial charge in [-0.25, -0.2) is 0 Å². The molecular weight excluding hydrogens is 332 g/mol. The van der Waals surface area contributed by atoms with Crippen molar-refractivity contribution in [2.75, 3.05) is 17.7 Å². The molecule has 2 aromatic rings. The van der Waals surface area contributed by atoms with E-state index in [0.717, 1.165) is 10.5 Å². The molecule has 0 aliphatic rings. The van der Waals surface area contributed by atoms with Gasteiger partial charge < -0.3 is 10.1 Å². The van der Waals surface area contributed by atoms with Crippen molar-refractivity contribution >= 4 is 40.0 Å². The smallest absolute Gasteiger partial charge is 0.316 e. The Balaban J connectivity index is 1.75. The molecule has 0 aliphatic heterocycles. The third kappa shape index (κ3) is 5.13. The largest absolute Gasteiger partial charge is 0.455 e. The number of carbonyl (C=O) groups is 2. The van der Waals surface area contributed by atoms with Gasteiger partial charge in [0.05, 0.1) is 11.3 Å². The number of ether oxygens (including phenoxy) is 1. The molecule has 0 bridgehead atoms. The fourth-order valence-electron chi connectivity index (χ4n) is 1.70. The number of thiophene rings is 1. The number of nitrogens with one attached hydrogen (secondary N) is 1. The van der Waals surface area contributed by atoms with E-state index in [4.69, 9.17) is 10.00 Å². The Morgan fingerprint density at radius 1 is 1.35 bits per heavy atom. The van der Waals surface area contributed by atoms with E-state index in [9.17, 15) is 9.59 Å². The minimum Gasteiger partial charge on any atom is -0.455 e. The summed E-state index contributed by atoms with van der Waals surface area (Å²) in [7, 11) is 0. The van der Waals surface area contributed by atoms with Crippen molar-refractivity contribution in [3.05, 3.63) is 46.8 Å². The van der Waals surface area contributed by atoms with Crippen molar-refractivity contribution < 1.29 is 14.3 Å². The molecule has 0 spiro atoms. The second kappa shape index (κ2) is 8.36. The van der Waals surface area contributed by atoms with Crippen molar-refractivity contribution in [1.29, 1.82) is 5.26 Å². The molecule has 1 aromatic carbocycles. The number of esters is 1. The Labute approximate surface area is 142 Å². The van der Waals surface area contributed by atoms with Gasteiger partial charge in [0.25, 0.3) is 5.91 Å². The first-order valence-corrected chi connectivity index (χ1v) is 8.58. The molecule has 0 unspecified atom stereocenters. The van der Waals surface area contributed by atoms with Gasteiger partial charge in [-0.1, -0.05) is 18.2 Å². The van der Waals surface area contributed by atoms with Crippen LogP contribution in [-0.4, -0.2) is 24.2 Å². The van der Waals surface area contributed by atoms with E-state index in [2.05, 4.69) is 5.32 Å². The van der Waals surface area contributed by atoms with Gasteiger partial charge >= 0.3 is 5.97 Å². The van der Waals surface area contributed by atoms with Gasteiger partial charge in [0.1, 0.15) is 11.1 Å². The molecule has 1 heterocycles. The fraction of sp³-hybridized carbons (Fsp3) is 0.188. The molecule has 0 radical (unpaired) electrons. The third-order valence-electron chi connectivity index (χ3n) is 2.84. The highest BCUT2D eigenvalue weighted by atomic mass is 32.2. The van der Waals surface area contributed by atoms with E-state index in [1.165, 1.54) is 23.1 Å². The first-order valence-electron chi connectivity index (χ1n) is 6.71. The minimum atomic E-state index is -0.460. The van der Waals surface area contributed by atoms with E-state index < -0.39 is 11.9 Å². The van der Waals surface area contributed by atoms with Crippen LogP contribution in [0.3, 0.4) is 0 Å². The van der Waals surface area contributed by atoms with E-state index in [1.807, 2.05) is 37.3 Å². The zero-order chi connectivity index (χ0) is 16.7. The predicted molar refractivity (Wildman–Crippen MR) is 90.5 cm³/mol. The summed E-state index contributed by atoms with van der Waals surface area (Å²) in [6.07, 6.45) is 0. The van der Waals surface area contributed by atoms with E-state index in [-0.39, 0.29) is 12.4 Å². The summed E-state index contributed by atoms with van der Waals surface area (Å²) >= 11 is 2.62. The summed E-state index contributed by atoms with van der Waals surface area (Å²) in [5, 5.41) is 13.6. The van der Waals surface area contributed by atoms with Gasteiger partial charge in [0, 0.05) is 4.90 Å². The number of hydrogen-bond donors (Lipinski definition) is 1. The molecule has 2 rings (SSSR count). The molecule has 0 saturated carbocycles. The van der Waals surface area contributed by atoms with Crippen LogP contribution in [0.2, 0.25) is 0 Å². The second-order valence-corrected chi connectivity index (χ2v) is 6.47. The van der Waals surface area contributed by atoms with Crippen molar-refractivity contribution in [3.63, 3.8) is 0 Å². The lowest BCUT2D eigenvalue weighted by atomic mass is 10.2. The number of hydrogen-bond acceptors (Lipinski definition) is 6. The number of carbonyl (C=O) groups excluding carboxylic acids is 2. The summed E-state index contributed by atoms with van der Waals surface area (Å²) in [6.45, 7) is 1.60. The molecule has 0 atom stereocenters. The Bertz CT molecular complexity index is 750. The van der Waals surface area contributed by atoms with Crippen LogP contribution in [0.5, 0.6) is 0 Å². The quantitative estimate of drug-likeness (QED) is 0.642. The number of amides is 1. The molecule has 1 N–H and O–H groups in total. The molecule has 1 amide bonds. The van der Waals surface area contributed by atoms with Crippen LogP contribution in [0, 0.1) is 18.3 Å². The van der Waals surface area contributed by atoms with Crippen LogP contribution in [0.4, 0.5) is 5.00 Å². The van der Waals surface area contributed by atoms with Crippen molar-refractivity contribution in [2.24, 2.45) is 0 Å². The standard InChI is InChI=1S/C16H14N2O3S2/c1-11-4-2-3-5-13(11)23-10-15(20)21-9-14(19)18-16-12(8-17)6-7-22-16/h2-7H,9-10H2,1H3,(H,18,19). The Morgan fingerprint density at radius 2 is 2.13 bits per heavy atom. The monoisotopic (exact) mass is 346 g/mol. The van der Waals surface area contributed by atoms with Crippen molar-refractivity contribution in [3.8, 4) is 6.07 Å². The minimum absolute atomic E-state index is 0.139. The van der Waals surface area contributed by atoms with Crippen molar-refractivity contribution in [2.45, 2.75) is 11.8 Å². The van der Waals surface area contributed by atoms with Gasteiger partial charge in [0.2, 0.25) is 0 Å². The lowest BCUT2D eigenvalue weighted by molar-refractivity contribution is -0.144. The highest BCUT2D eigenvalue weighted by Gasteiger charge is 2.11. The second-order valence-electron chi connectivity index (χ2n) is 4.54. The SMILES string of the molecule is Cc1ccccc1SCC(=O)OCC(=O)Nc1sccc1C#N. The molecule has 0 fully saturated rings. The topological polar surface area (TPSA) is 79.2 Å². The maximum absolute atomic E-state index is 11.7. The summed E-state index contributed by atoms with van der Waals surface area (Å²) in [5.41, 5.74) is 1.48. The van der Waals surface area contributed by atoms with Gasteiger partial charge in [0.15, 0.2) is 6.61 Å². The molecule has 5 nitrogen and oxygen atoms in total. The van der Waals surface area contributed by atoms with E-state index in [0.29, 0.717) is 10.6 Å². The van der Waals surface area contributed by atoms with E-state index in [1.54, 1.807) is 11.4 Å². The number of rotatable bonds is 6. The average molecular weight is 346 g/mol. The van der Waals surface area contributed by atoms with Crippen LogP contribution in [0.15, 0.2) is 40.6 Å². The first-order chi connectivity index (χ1) is 11.1. The number of aryl methyl sites for hydroxylation is 1. The molecule has 1 aromatic heterocycles. The molecule has 118 valence electrons. The Morgan fingerprint density at radius 3 is 2.87 bits per heavy atom. The average Bonchev–Trinajstić information content (AvgIpc) is 2.99. The van der Waals surface area contributed by atoms with Crippen LogP contribution < -0.4 is 5.32 Å². The number of anilines is 1. The number of nitrogens with zero attached hydrogens (tertiary/aromatic N) is 1. The number of thioether (sulfide) groups is 1. The maximum atomic E-state index is 11.7. The summed E-state index contributed by atoms with van der Waals surface area (Å²) < 4.78 is 4.94. The Kier molecular flexibility index (Phi) is 6.20. The normalized spacial score (nSPS) is 9.91. The lowest BCUT2D eigenvalue weighted by Crippen LogP contribution is -2.21. The number of benzene rings is 1. The Hall–Kier alpha value is -2.30. The molecule has 0 aliphatic carbocycles. The zero-order valence-electron chi connectivity index (χ0n) is 12.4. The molecule has 23 heavy (non-hydrogen) atoms. The van der Waals surface area contributed by atoms with Crippen molar-refractivity contribution in [1.82, 2.24) is 0 Å². The molecular formula is C16H14N2O3S2. The van der Waals surface area contributed by atoms with Gasteiger partial charge in [-0.05, 0) is 30.0 Å². The summed E-state index contributed by atoms with van der Waals surface area (Å²) in [5.74, 6) is -0.779. The maximum Gasteiger partial charge on any atom is 0.316 e. The zero-order valence-corrected chi connectivity index (χ0v) is 14.0. The van der Waals surface area contributed by atoms with Crippen LogP contribution in [-0.2, 0) is 14.3 Å². The summed E-state index contributed by atoms with van der Waals surface area (Å²) in [4.78, 5) is 24.4. The van der Waals surface area contributed by atoms with Crippen LogP contribution in [0.25, 0.3) is 0 Å².